The molecular formula is C28H45F3O8S. The first-order chi connectivity index (χ1) is 18.4. The molecule has 0 heterocycles. The highest BCUT2D eigenvalue weighted by molar-refractivity contribution is 7.86. The third-order valence-corrected chi connectivity index (χ3v) is 12.6. The molecule has 0 saturated heterocycles. The van der Waals surface area contributed by atoms with E-state index in [1.165, 1.54) is 0 Å². The number of hydrogen-bond acceptors (Lipinski definition) is 7. The van der Waals surface area contributed by atoms with Crippen LogP contribution >= 0.6 is 0 Å². The number of aliphatic hydroxyl groups is 3. The van der Waals surface area contributed by atoms with Crippen LogP contribution in [0.3, 0.4) is 0 Å². The first-order valence-corrected chi connectivity index (χ1v) is 16.1. The summed E-state index contributed by atoms with van der Waals surface area (Å²) in [4.78, 5) is 12.2. The van der Waals surface area contributed by atoms with Crippen LogP contribution in [-0.4, -0.2) is 70.6 Å². The van der Waals surface area contributed by atoms with E-state index in [4.69, 9.17) is 9.29 Å². The number of fused-ring (bicyclic) bond motifs is 5. The van der Waals surface area contributed by atoms with E-state index in [1.807, 2.05) is 6.92 Å². The van der Waals surface area contributed by atoms with Gasteiger partial charge in [0.2, 0.25) is 0 Å². The summed E-state index contributed by atoms with van der Waals surface area (Å²) in [6.07, 6.45) is -0.00481. The molecule has 0 spiro atoms. The minimum atomic E-state index is -5.92. The molecule has 0 bridgehead atoms. The van der Waals surface area contributed by atoms with Gasteiger partial charge < -0.3 is 20.1 Å². The summed E-state index contributed by atoms with van der Waals surface area (Å²) in [5, 5.41) is 28.3. The second-order valence-corrected chi connectivity index (χ2v) is 15.0. The molecule has 4 aliphatic carbocycles. The summed E-state index contributed by atoms with van der Waals surface area (Å²) < 4.78 is 74.9. The zero-order chi connectivity index (χ0) is 29.8. The molecule has 0 aromatic heterocycles. The minimum Gasteiger partial charge on any atom is -0.466 e. The van der Waals surface area contributed by atoms with E-state index < -0.39 is 58.2 Å². The molecule has 0 amide bonds. The predicted molar refractivity (Wildman–Crippen MR) is 139 cm³/mol. The first-order valence-electron chi connectivity index (χ1n) is 14.6. The standard InChI is InChI=1S/C28H45F3O8S/c1-15(4-7-24(35)39-11-9-22(29)28(30,31)40(36,37)38)18-5-6-19-25-20(14-23(34)27(18,19)3)26(2)10-8-17(32)12-16(26)13-21(25)33/h15-23,25,32-34H,4-14H2,1-3H3,(H,36,37,38)/t15-,16+,17-,18-,19+,20+,21-,22?,23+,25+,26+,27-/m1/s1. The lowest BCUT2D eigenvalue weighted by Gasteiger charge is -2.63. The summed E-state index contributed by atoms with van der Waals surface area (Å²) >= 11 is 0. The fourth-order valence-corrected chi connectivity index (χ4v) is 9.80. The number of rotatable bonds is 9. The number of halogens is 3. The van der Waals surface area contributed by atoms with E-state index in [1.54, 1.807) is 0 Å². The zero-order valence-corrected chi connectivity index (χ0v) is 24.3. The molecular weight excluding hydrogens is 553 g/mol. The molecule has 0 radical (unpaired) electrons. The molecule has 12 heteroatoms. The Labute approximate surface area is 234 Å². The largest absolute Gasteiger partial charge is 0.466 e. The van der Waals surface area contributed by atoms with Crippen LogP contribution in [0.5, 0.6) is 0 Å². The number of esters is 1. The lowest BCUT2D eigenvalue weighted by Crippen LogP contribution is -2.62. The molecule has 4 N–H and O–H groups in total. The van der Waals surface area contributed by atoms with Gasteiger partial charge in [0.05, 0.1) is 24.9 Å². The normalized spacial score (nSPS) is 43.2. The van der Waals surface area contributed by atoms with Crippen molar-refractivity contribution in [2.75, 3.05) is 6.61 Å². The smallest absolute Gasteiger partial charge is 0.400 e. The molecule has 40 heavy (non-hydrogen) atoms. The van der Waals surface area contributed by atoms with Crippen molar-refractivity contribution in [3.63, 3.8) is 0 Å². The predicted octanol–water partition coefficient (Wildman–Crippen LogP) is 4.12. The average Bonchev–Trinajstić information content (AvgIpc) is 3.22. The first kappa shape index (κ1) is 32.0. The fourth-order valence-electron chi connectivity index (χ4n) is 9.36. The summed E-state index contributed by atoms with van der Waals surface area (Å²) in [7, 11) is -5.92. The monoisotopic (exact) mass is 598 g/mol. The highest BCUT2D eigenvalue weighted by Crippen LogP contribution is 2.68. The number of carbonyl (C=O) groups is 1. The molecule has 4 aliphatic rings. The lowest BCUT2D eigenvalue weighted by atomic mass is 9.43. The van der Waals surface area contributed by atoms with Gasteiger partial charge in [-0.25, -0.2) is 4.39 Å². The maximum atomic E-state index is 13.6. The van der Waals surface area contributed by atoms with E-state index in [-0.39, 0.29) is 53.4 Å². The molecule has 232 valence electrons. The Hall–Kier alpha value is -0.950. The Kier molecular flexibility index (Phi) is 9.02. The summed E-state index contributed by atoms with van der Waals surface area (Å²) in [5.74, 6) is -0.0000659. The molecule has 12 atom stereocenters. The van der Waals surface area contributed by atoms with Crippen molar-refractivity contribution in [1.82, 2.24) is 0 Å². The zero-order valence-electron chi connectivity index (χ0n) is 23.5. The Balaban J connectivity index is 1.35. The molecule has 0 aromatic carbocycles. The van der Waals surface area contributed by atoms with Crippen LogP contribution in [-0.2, 0) is 19.6 Å². The highest BCUT2D eigenvalue weighted by Gasteiger charge is 2.65. The van der Waals surface area contributed by atoms with Crippen LogP contribution in [0.1, 0.15) is 85.0 Å². The number of alkyl halides is 3. The van der Waals surface area contributed by atoms with E-state index in [0.717, 1.165) is 25.7 Å². The molecule has 1 unspecified atom stereocenters. The highest BCUT2D eigenvalue weighted by atomic mass is 32.2. The maximum Gasteiger partial charge on any atom is 0.400 e. The van der Waals surface area contributed by atoms with Crippen LogP contribution in [0.2, 0.25) is 0 Å². The Morgan fingerprint density at radius 3 is 2.38 bits per heavy atom. The molecule has 0 aromatic rings. The van der Waals surface area contributed by atoms with E-state index in [2.05, 4.69) is 13.8 Å². The minimum absolute atomic E-state index is 0.0143. The number of hydrogen-bond donors (Lipinski definition) is 4. The summed E-state index contributed by atoms with van der Waals surface area (Å²) in [6.45, 7) is 5.64. The van der Waals surface area contributed by atoms with Crippen molar-refractivity contribution in [2.45, 2.75) is 115 Å². The van der Waals surface area contributed by atoms with Gasteiger partial charge in [-0.15, -0.1) is 0 Å². The molecule has 8 nitrogen and oxygen atoms in total. The van der Waals surface area contributed by atoms with Gasteiger partial charge in [0.15, 0.2) is 6.17 Å². The Bertz CT molecular complexity index is 1040. The van der Waals surface area contributed by atoms with Gasteiger partial charge in [0.25, 0.3) is 0 Å². The molecule has 4 fully saturated rings. The third kappa shape index (κ3) is 5.44. The van der Waals surface area contributed by atoms with Gasteiger partial charge in [-0.05, 0) is 97.7 Å². The van der Waals surface area contributed by atoms with Crippen molar-refractivity contribution < 1.29 is 51.0 Å². The number of ether oxygens (including phenoxy) is 1. The molecule has 4 rings (SSSR count). The van der Waals surface area contributed by atoms with Crippen molar-refractivity contribution in [2.24, 2.45) is 46.3 Å². The molecule has 4 saturated carbocycles. The SMILES string of the molecule is C[C@H](CCC(=O)OCCC(F)C(F)(F)S(=O)(=O)O)[C@H]1CC[C@H]2[C@@H]3[C@H](O)C[C@@H]4C[C@H](O)CC[C@]4(C)[C@H]3C[C@H](O)[C@]12C. The van der Waals surface area contributed by atoms with Gasteiger partial charge in [0, 0.05) is 12.8 Å². The molecule has 0 aliphatic heterocycles. The van der Waals surface area contributed by atoms with Crippen molar-refractivity contribution in [3.8, 4) is 0 Å². The topological polar surface area (TPSA) is 141 Å². The number of carbonyl (C=O) groups excluding carboxylic acids is 1. The van der Waals surface area contributed by atoms with Gasteiger partial charge >= 0.3 is 21.3 Å². The van der Waals surface area contributed by atoms with Crippen LogP contribution in [0.25, 0.3) is 0 Å². The fraction of sp³-hybridized carbons (Fsp3) is 0.964. The third-order valence-electron chi connectivity index (χ3n) is 11.7. The van der Waals surface area contributed by atoms with Crippen molar-refractivity contribution in [3.05, 3.63) is 0 Å². The second kappa shape index (κ2) is 11.3. The van der Waals surface area contributed by atoms with Crippen LogP contribution < -0.4 is 0 Å². The summed E-state index contributed by atoms with van der Waals surface area (Å²) in [6, 6.07) is 0. The van der Waals surface area contributed by atoms with Gasteiger partial charge in [-0.1, -0.05) is 20.8 Å². The van der Waals surface area contributed by atoms with Crippen LogP contribution in [0, 0.1) is 46.3 Å². The number of aliphatic hydroxyl groups excluding tert-OH is 3. The second-order valence-electron chi connectivity index (χ2n) is 13.6. The average molecular weight is 599 g/mol. The Morgan fingerprint density at radius 2 is 1.73 bits per heavy atom. The van der Waals surface area contributed by atoms with Gasteiger partial charge in [-0.3, -0.25) is 9.35 Å². The lowest BCUT2D eigenvalue weighted by molar-refractivity contribution is -0.207. The van der Waals surface area contributed by atoms with E-state index >= 15 is 0 Å². The van der Waals surface area contributed by atoms with Crippen molar-refractivity contribution in [1.29, 1.82) is 0 Å². The quantitative estimate of drug-likeness (QED) is 0.230. The van der Waals surface area contributed by atoms with E-state index in [0.29, 0.717) is 25.7 Å². The van der Waals surface area contributed by atoms with Crippen molar-refractivity contribution >= 4 is 16.1 Å². The van der Waals surface area contributed by atoms with Crippen LogP contribution in [0.4, 0.5) is 13.2 Å². The van der Waals surface area contributed by atoms with Crippen LogP contribution in [0.15, 0.2) is 0 Å². The summed E-state index contributed by atoms with van der Waals surface area (Å²) in [5.41, 5.74) is -0.464. The Morgan fingerprint density at radius 1 is 1.05 bits per heavy atom. The maximum absolute atomic E-state index is 13.6. The van der Waals surface area contributed by atoms with Gasteiger partial charge in [0.1, 0.15) is 0 Å². The van der Waals surface area contributed by atoms with Gasteiger partial charge in [-0.2, -0.15) is 17.2 Å². The van der Waals surface area contributed by atoms with E-state index in [9.17, 15) is 41.7 Å².